The Kier molecular flexibility index (Phi) is 5.10. The third-order valence-electron chi connectivity index (χ3n) is 5.13. The molecule has 4 rings (SSSR count). The number of hydrogen-bond acceptors (Lipinski definition) is 5. The highest BCUT2D eigenvalue weighted by Gasteiger charge is 2.39. The summed E-state index contributed by atoms with van der Waals surface area (Å²) in [5.41, 5.74) is 0. The average molecular weight is 376 g/mol. The van der Waals surface area contributed by atoms with Gasteiger partial charge in [0.1, 0.15) is 6.61 Å². The lowest BCUT2D eigenvalue weighted by atomic mass is 9.95. The molecule has 3 unspecified atom stereocenters. The van der Waals surface area contributed by atoms with Gasteiger partial charge in [0.2, 0.25) is 11.1 Å². The molecule has 2 aliphatic rings. The van der Waals surface area contributed by atoms with Gasteiger partial charge in [-0.15, -0.1) is 5.10 Å². The molecule has 0 spiro atoms. The minimum atomic E-state index is -0.418. The van der Waals surface area contributed by atoms with Crippen LogP contribution in [-0.4, -0.2) is 32.9 Å². The van der Waals surface area contributed by atoms with E-state index in [1.807, 2.05) is 0 Å². The van der Waals surface area contributed by atoms with Gasteiger partial charge in [0.15, 0.2) is 17.4 Å². The zero-order chi connectivity index (χ0) is 17.9. The zero-order valence-corrected chi connectivity index (χ0v) is 15.1. The molecule has 2 N–H and O–H groups in total. The maximum atomic E-state index is 13.5. The Bertz CT molecular complexity index is 784. The van der Waals surface area contributed by atoms with E-state index in [0.717, 1.165) is 12.3 Å². The average Bonchev–Trinajstić information content (AvgIpc) is 3.36. The minimum Gasteiger partial charge on any atom is -0.483 e. The molecule has 8 heteroatoms. The lowest BCUT2D eigenvalue weighted by Crippen LogP contribution is -2.39. The molecule has 6 nitrogen and oxygen atoms in total. The number of para-hydroxylation sites is 1. The van der Waals surface area contributed by atoms with Crippen molar-refractivity contribution < 1.29 is 13.9 Å². The van der Waals surface area contributed by atoms with Gasteiger partial charge in [-0.05, 0) is 43.2 Å². The molecule has 1 amide bonds. The molecule has 138 valence electrons. The fourth-order valence-corrected chi connectivity index (χ4v) is 4.54. The van der Waals surface area contributed by atoms with Gasteiger partial charge in [-0.2, -0.15) is 0 Å². The van der Waals surface area contributed by atoms with Gasteiger partial charge < -0.3 is 10.1 Å². The number of thioether (sulfide) groups is 1. The van der Waals surface area contributed by atoms with Crippen molar-refractivity contribution >= 4 is 17.7 Å². The number of carbonyl (C=O) groups is 1. The summed E-state index contributed by atoms with van der Waals surface area (Å²) < 4.78 is 18.9. The normalized spacial score (nSPS) is 24.0. The molecule has 2 aromatic rings. The largest absolute Gasteiger partial charge is 0.483 e. The monoisotopic (exact) mass is 376 g/mol. The van der Waals surface area contributed by atoms with Crippen molar-refractivity contribution in [2.45, 2.75) is 43.5 Å². The molecule has 3 atom stereocenters. The molecule has 0 radical (unpaired) electrons. The van der Waals surface area contributed by atoms with Crippen LogP contribution < -0.4 is 10.1 Å². The van der Waals surface area contributed by atoms with E-state index in [9.17, 15) is 9.18 Å². The summed E-state index contributed by atoms with van der Waals surface area (Å²) in [5, 5.41) is 10.5. The Hall–Kier alpha value is -2.09. The van der Waals surface area contributed by atoms with Crippen molar-refractivity contribution in [1.82, 2.24) is 20.5 Å². The molecule has 2 fully saturated rings. The first-order chi connectivity index (χ1) is 12.7. The van der Waals surface area contributed by atoms with E-state index in [1.165, 1.54) is 37.1 Å². The standard InChI is InChI=1S/C18H21FN4O2S/c19-13-3-1-2-4-15(13)25-9-16-21-18(23-22-16)26-10-17(24)20-14-8-11-5-6-12(14)7-11/h1-4,11-12,14H,5-10H2,(H,20,24)(H,21,22,23). The second kappa shape index (κ2) is 7.65. The van der Waals surface area contributed by atoms with Gasteiger partial charge in [0.25, 0.3) is 0 Å². The van der Waals surface area contributed by atoms with Crippen LogP contribution in [0.2, 0.25) is 0 Å². The topological polar surface area (TPSA) is 79.9 Å². The summed E-state index contributed by atoms with van der Waals surface area (Å²) in [7, 11) is 0. The smallest absolute Gasteiger partial charge is 0.230 e. The zero-order valence-electron chi connectivity index (χ0n) is 14.3. The lowest BCUT2D eigenvalue weighted by Gasteiger charge is -2.22. The molecule has 2 bridgehead atoms. The number of hydrogen-bond donors (Lipinski definition) is 2. The molecule has 2 saturated carbocycles. The summed E-state index contributed by atoms with van der Waals surface area (Å²) in [6, 6.07) is 6.55. The van der Waals surface area contributed by atoms with Crippen molar-refractivity contribution in [2.75, 3.05) is 5.75 Å². The summed E-state index contributed by atoms with van der Waals surface area (Å²) in [6.45, 7) is 0.0891. The minimum absolute atomic E-state index is 0.0292. The number of benzene rings is 1. The number of nitrogens with zero attached hydrogens (tertiary/aromatic N) is 2. The maximum absolute atomic E-state index is 13.5. The Morgan fingerprint density at radius 2 is 2.23 bits per heavy atom. The van der Waals surface area contributed by atoms with Crippen LogP contribution in [0.25, 0.3) is 0 Å². The van der Waals surface area contributed by atoms with E-state index in [4.69, 9.17) is 4.74 Å². The van der Waals surface area contributed by atoms with E-state index in [0.29, 0.717) is 28.7 Å². The highest BCUT2D eigenvalue weighted by molar-refractivity contribution is 7.99. The summed E-state index contributed by atoms with van der Waals surface area (Å²) in [5.74, 6) is 2.04. The van der Waals surface area contributed by atoms with Crippen molar-refractivity contribution in [2.24, 2.45) is 11.8 Å². The number of ether oxygens (including phenoxy) is 1. The van der Waals surface area contributed by atoms with Crippen LogP contribution in [0.3, 0.4) is 0 Å². The summed E-state index contributed by atoms with van der Waals surface area (Å²) in [4.78, 5) is 16.4. The molecule has 0 aliphatic heterocycles. The van der Waals surface area contributed by atoms with Crippen LogP contribution >= 0.6 is 11.8 Å². The fourth-order valence-electron chi connectivity index (χ4n) is 3.91. The van der Waals surface area contributed by atoms with E-state index in [2.05, 4.69) is 20.5 Å². The number of fused-ring (bicyclic) bond motifs is 2. The van der Waals surface area contributed by atoms with Gasteiger partial charge in [-0.1, -0.05) is 30.3 Å². The number of carbonyl (C=O) groups excluding carboxylic acids is 1. The van der Waals surface area contributed by atoms with Crippen LogP contribution in [0.4, 0.5) is 4.39 Å². The Labute approximate surface area is 155 Å². The van der Waals surface area contributed by atoms with Crippen molar-refractivity contribution in [3.63, 3.8) is 0 Å². The van der Waals surface area contributed by atoms with Gasteiger partial charge >= 0.3 is 0 Å². The molecular weight excluding hydrogens is 355 g/mol. The third kappa shape index (κ3) is 4.00. The van der Waals surface area contributed by atoms with Crippen LogP contribution in [0.1, 0.15) is 31.5 Å². The van der Waals surface area contributed by atoms with Crippen LogP contribution in [-0.2, 0) is 11.4 Å². The first kappa shape index (κ1) is 17.3. The molecule has 26 heavy (non-hydrogen) atoms. The number of amides is 1. The van der Waals surface area contributed by atoms with Crippen molar-refractivity contribution in [3.8, 4) is 5.75 Å². The number of rotatable bonds is 7. The van der Waals surface area contributed by atoms with E-state index < -0.39 is 5.82 Å². The van der Waals surface area contributed by atoms with Gasteiger partial charge in [-0.25, -0.2) is 9.37 Å². The van der Waals surface area contributed by atoms with Gasteiger partial charge in [-0.3, -0.25) is 9.89 Å². The predicted octanol–water partition coefficient (Wildman–Crippen LogP) is 2.92. The predicted molar refractivity (Wildman–Crippen MR) is 95.2 cm³/mol. The Balaban J connectivity index is 1.22. The fraction of sp³-hybridized carbons (Fsp3) is 0.500. The number of aromatic amines is 1. The second-order valence-electron chi connectivity index (χ2n) is 6.92. The van der Waals surface area contributed by atoms with Gasteiger partial charge in [0.05, 0.1) is 5.75 Å². The van der Waals surface area contributed by atoms with E-state index in [1.54, 1.807) is 18.2 Å². The maximum Gasteiger partial charge on any atom is 0.230 e. The van der Waals surface area contributed by atoms with E-state index >= 15 is 0 Å². The molecule has 2 aliphatic carbocycles. The molecule has 1 aromatic carbocycles. The Morgan fingerprint density at radius 3 is 3.00 bits per heavy atom. The first-order valence-electron chi connectivity index (χ1n) is 8.88. The molecule has 1 heterocycles. The molecule has 0 saturated heterocycles. The third-order valence-corrected chi connectivity index (χ3v) is 5.98. The first-order valence-corrected chi connectivity index (χ1v) is 9.86. The SMILES string of the molecule is O=C(CSc1n[nH]c(COc2ccccc2F)n1)NC1CC2CCC1C2. The quantitative estimate of drug-likeness (QED) is 0.727. The van der Waals surface area contributed by atoms with Crippen LogP contribution in [0, 0.1) is 17.7 Å². The van der Waals surface area contributed by atoms with Crippen molar-refractivity contribution in [3.05, 3.63) is 35.9 Å². The number of aromatic nitrogens is 3. The van der Waals surface area contributed by atoms with Gasteiger partial charge in [0, 0.05) is 6.04 Å². The second-order valence-corrected chi connectivity index (χ2v) is 7.86. The Morgan fingerprint density at radius 1 is 1.35 bits per heavy atom. The number of halogens is 1. The highest BCUT2D eigenvalue weighted by atomic mass is 32.2. The molecule has 1 aromatic heterocycles. The number of H-pyrrole nitrogens is 1. The molecular formula is C18H21FN4O2S. The number of nitrogens with one attached hydrogen (secondary N) is 2. The highest BCUT2D eigenvalue weighted by Crippen LogP contribution is 2.44. The van der Waals surface area contributed by atoms with Crippen LogP contribution in [0.15, 0.2) is 29.4 Å². The van der Waals surface area contributed by atoms with Crippen LogP contribution in [0.5, 0.6) is 5.75 Å². The summed E-state index contributed by atoms with van der Waals surface area (Å²) in [6.07, 6.45) is 4.96. The van der Waals surface area contributed by atoms with Crippen molar-refractivity contribution in [1.29, 1.82) is 0 Å². The summed E-state index contributed by atoms with van der Waals surface area (Å²) >= 11 is 1.28. The van der Waals surface area contributed by atoms with E-state index in [-0.39, 0.29) is 18.3 Å². The lowest BCUT2D eigenvalue weighted by molar-refractivity contribution is -0.119.